The van der Waals surface area contributed by atoms with E-state index in [0.717, 1.165) is 10.9 Å². The lowest BCUT2D eigenvalue weighted by Crippen LogP contribution is -2.51. The molecule has 3 fully saturated rings. The Morgan fingerprint density at radius 1 is 1.35 bits per heavy atom. The van der Waals surface area contributed by atoms with Crippen LogP contribution in [0.1, 0.15) is 37.0 Å². The van der Waals surface area contributed by atoms with E-state index in [9.17, 15) is 9.59 Å². The molecule has 2 aromatic rings. The maximum atomic E-state index is 13.2. The molecular formula is C20H23N3O3. The standard InChI is InChI=1S/C20H23N3O3/c1-12(2)16-11-26-20-6-8-22(17(20)10-18(24)23(16)20)19(25)14-4-3-13-5-7-21-15(13)9-14/h3-5,7,9,12,16-17,21H,6,8,10-11H2,1-2H3/t16-,17+,20-/m0/s1. The van der Waals surface area contributed by atoms with Crippen LogP contribution in [-0.4, -0.2) is 57.6 Å². The van der Waals surface area contributed by atoms with Crippen molar-refractivity contribution < 1.29 is 14.3 Å². The van der Waals surface area contributed by atoms with Crippen LogP contribution in [0, 0.1) is 5.92 Å². The quantitative estimate of drug-likeness (QED) is 0.901. The molecule has 6 nitrogen and oxygen atoms in total. The van der Waals surface area contributed by atoms with Crippen molar-refractivity contribution in [1.82, 2.24) is 14.8 Å². The molecule has 2 amide bonds. The number of nitrogens with one attached hydrogen (secondary N) is 1. The minimum atomic E-state index is -0.613. The first-order valence-electron chi connectivity index (χ1n) is 9.35. The molecule has 0 bridgehead atoms. The third-order valence-corrected chi connectivity index (χ3v) is 6.32. The molecular weight excluding hydrogens is 330 g/mol. The molecule has 5 rings (SSSR count). The number of aromatic nitrogens is 1. The molecule has 0 unspecified atom stereocenters. The zero-order valence-electron chi connectivity index (χ0n) is 15.1. The van der Waals surface area contributed by atoms with Crippen LogP contribution >= 0.6 is 0 Å². The highest BCUT2D eigenvalue weighted by atomic mass is 16.5. The predicted molar refractivity (Wildman–Crippen MR) is 96.5 cm³/mol. The smallest absolute Gasteiger partial charge is 0.254 e. The van der Waals surface area contributed by atoms with E-state index >= 15 is 0 Å². The number of likely N-dealkylation sites (tertiary alicyclic amines) is 1. The number of rotatable bonds is 2. The third kappa shape index (κ3) is 1.96. The molecule has 3 saturated heterocycles. The summed E-state index contributed by atoms with van der Waals surface area (Å²) in [5.74, 6) is 0.440. The van der Waals surface area contributed by atoms with Gasteiger partial charge in [-0.05, 0) is 29.5 Å². The largest absolute Gasteiger partial charge is 0.361 e. The van der Waals surface area contributed by atoms with Crippen LogP contribution in [0.5, 0.6) is 0 Å². The molecule has 1 aromatic heterocycles. The Morgan fingerprint density at radius 2 is 2.19 bits per heavy atom. The zero-order valence-corrected chi connectivity index (χ0v) is 15.1. The number of hydrogen-bond acceptors (Lipinski definition) is 3. The molecule has 1 N–H and O–H groups in total. The second-order valence-electron chi connectivity index (χ2n) is 7.98. The van der Waals surface area contributed by atoms with Crippen molar-refractivity contribution in [3.05, 3.63) is 36.0 Å². The molecule has 1 aromatic carbocycles. The summed E-state index contributed by atoms with van der Waals surface area (Å²) in [6, 6.07) is 7.62. The van der Waals surface area contributed by atoms with E-state index in [1.807, 2.05) is 40.3 Å². The number of carbonyl (C=O) groups excluding carboxylic acids is 2. The van der Waals surface area contributed by atoms with E-state index in [1.54, 1.807) is 0 Å². The first-order valence-corrected chi connectivity index (χ1v) is 9.35. The van der Waals surface area contributed by atoms with Crippen molar-refractivity contribution in [1.29, 1.82) is 0 Å². The molecule has 136 valence electrons. The van der Waals surface area contributed by atoms with Crippen molar-refractivity contribution >= 4 is 22.7 Å². The predicted octanol–water partition coefficient (Wildman–Crippen LogP) is 2.37. The van der Waals surface area contributed by atoms with Gasteiger partial charge in [0.05, 0.1) is 25.1 Å². The van der Waals surface area contributed by atoms with Gasteiger partial charge in [0.25, 0.3) is 5.91 Å². The van der Waals surface area contributed by atoms with Crippen molar-refractivity contribution in [2.75, 3.05) is 13.2 Å². The van der Waals surface area contributed by atoms with Crippen LogP contribution < -0.4 is 0 Å². The van der Waals surface area contributed by atoms with E-state index in [4.69, 9.17) is 4.74 Å². The van der Waals surface area contributed by atoms with E-state index in [1.165, 1.54) is 0 Å². The molecule has 4 heterocycles. The fourth-order valence-corrected chi connectivity index (χ4v) is 4.96. The van der Waals surface area contributed by atoms with Gasteiger partial charge in [0.15, 0.2) is 5.72 Å². The summed E-state index contributed by atoms with van der Waals surface area (Å²) in [4.78, 5) is 32.9. The number of carbonyl (C=O) groups is 2. The summed E-state index contributed by atoms with van der Waals surface area (Å²) < 4.78 is 6.21. The Hall–Kier alpha value is -2.34. The summed E-state index contributed by atoms with van der Waals surface area (Å²) in [6.07, 6.45) is 2.93. The summed E-state index contributed by atoms with van der Waals surface area (Å²) >= 11 is 0. The van der Waals surface area contributed by atoms with E-state index in [0.29, 0.717) is 37.5 Å². The lowest BCUT2D eigenvalue weighted by molar-refractivity contribution is -0.139. The topological polar surface area (TPSA) is 65.6 Å². The number of hydrogen-bond donors (Lipinski definition) is 1. The van der Waals surface area contributed by atoms with Gasteiger partial charge < -0.3 is 19.5 Å². The van der Waals surface area contributed by atoms with Gasteiger partial charge in [-0.3, -0.25) is 9.59 Å². The van der Waals surface area contributed by atoms with Gasteiger partial charge in [-0.15, -0.1) is 0 Å². The van der Waals surface area contributed by atoms with Crippen molar-refractivity contribution in [2.45, 2.75) is 44.5 Å². The summed E-state index contributed by atoms with van der Waals surface area (Å²) in [5, 5.41) is 1.08. The van der Waals surface area contributed by atoms with Gasteiger partial charge in [0.1, 0.15) is 0 Å². The Labute approximate surface area is 152 Å². The maximum Gasteiger partial charge on any atom is 0.254 e. The van der Waals surface area contributed by atoms with Gasteiger partial charge in [0, 0.05) is 30.2 Å². The van der Waals surface area contributed by atoms with Crippen molar-refractivity contribution in [3.63, 3.8) is 0 Å². The second-order valence-corrected chi connectivity index (χ2v) is 7.98. The highest BCUT2D eigenvalue weighted by molar-refractivity contribution is 5.99. The van der Waals surface area contributed by atoms with Gasteiger partial charge in [-0.1, -0.05) is 19.9 Å². The Morgan fingerprint density at radius 3 is 3.00 bits per heavy atom. The summed E-state index contributed by atoms with van der Waals surface area (Å²) in [6.45, 7) is 5.44. The number of ether oxygens (including phenoxy) is 1. The average molecular weight is 353 g/mol. The number of benzene rings is 1. The fourth-order valence-electron chi connectivity index (χ4n) is 4.96. The van der Waals surface area contributed by atoms with Gasteiger partial charge >= 0.3 is 0 Å². The summed E-state index contributed by atoms with van der Waals surface area (Å²) in [7, 11) is 0. The molecule has 1 spiro atoms. The van der Waals surface area contributed by atoms with Crippen LogP contribution in [0.15, 0.2) is 30.5 Å². The molecule has 6 heteroatoms. The SMILES string of the molecule is CC(C)[C@@H]1CO[C@@]23CCN(C(=O)c4ccc5cc[nH]c5c4)[C@@H]2CC(=O)N13. The highest BCUT2D eigenvalue weighted by Gasteiger charge is 2.65. The lowest BCUT2D eigenvalue weighted by atomic mass is 10.0. The number of H-pyrrole nitrogens is 1. The van der Waals surface area contributed by atoms with Crippen LogP contribution in [0.2, 0.25) is 0 Å². The Bertz CT molecular complexity index is 905. The maximum absolute atomic E-state index is 13.2. The zero-order chi connectivity index (χ0) is 18.1. The minimum Gasteiger partial charge on any atom is -0.361 e. The van der Waals surface area contributed by atoms with Gasteiger partial charge in [-0.2, -0.15) is 0 Å². The molecule has 0 radical (unpaired) electrons. The van der Waals surface area contributed by atoms with Gasteiger partial charge in [0.2, 0.25) is 5.91 Å². The number of fused-ring (bicyclic) bond motifs is 1. The van der Waals surface area contributed by atoms with Crippen LogP contribution in [0.4, 0.5) is 0 Å². The van der Waals surface area contributed by atoms with Crippen LogP contribution in [0.25, 0.3) is 10.9 Å². The lowest BCUT2D eigenvalue weighted by Gasteiger charge is -2.34. The van der Waals surface area contributed by atoms with Gasteiger partial charge in [-0.25, -0.2) is 0 Å². The molecule has 3 aliphatic heterocycles. The van der Waals surface area contributed by atoms with Crippen molar-refractivity contribution in [3.8, 4) is 0 Å². The first kappa shape index (κ1) is 15.9. The van der Waals surface area contributed by atoms with E-state index in [2.05, 4.69) is 18.8 Å². The molecule has 0 aliphatic carbocycles. The van der Waals surface area contributed by atoms with Crippen LogP contribution in [0.3, 0.4) is 0 Å². The third-order valence-electron chi connectivity index (χ3n) is 6.32. The van der Waals surface area contributed by atoms with E-state index in [-0.39, 0.29) is 23.9 Å². The molecule has 3 atom stereocenters. The average Bonchev–Trinajstić information content (AvgIpc) is 3.35. The Kier molecular flexibility index (Phi) is 3.26. The van der Waals surface area contributed by atoms with Crippen LogP contribution in [-0.2, 0) is 9.53 Å². The second kappa shape index (κ2) is 5.33. The minimum absolute atomic E-state index is 0.0189. The number of aromatic amines is 1. The molecule has 0 saturated carbocycles. The monoisotopic (exact) mass is 353 g/mol. The Balaban J connectivity index is 1.47. The normalized spacial score (nSPS) is 30.5. The number of amides is 2. The van der Waals surface area contributed by atoms with E-state index < -0.39 is 5.72 Å². The summed E-state index contributed by atoms with van der Waals surface area (Å²) in [5.41, 5.74) is 0.991. The van der Waals surface area contributed by atoms with Crippen molar-refractivity contribution in [2.24, 2.45) is 5.92 Å². The first-order chi connectivity index (χ1) is 12.5. The number of nitrogens with zero attached hydrogens (tertiary/aromatic N) is 2. The molecule has 3 aliphatic rings. The fraction of sp³-hybridized carbons (Fsp3) is 0.500. The highest BCUT2D eigenvalue weighted by Crippen LogP contribution is 2.49. The molecule has 26 heavy (non-hydrogen) atoms.